The van der Waals surface area contributed by atoms with Gasteiger partial charge < -0.3 is 15.0 Å². The first-order valence-electron chi connectivity index (χ1n) is 10.0. The van der Waals surface area contributed by atoms with E-state index < -0.39 is 6.10 Å². The lowest BCUT2D eigenvalue weighted by atomic mass is 9.91. The largest absolute Gasteiger partial charge is 0.481 e. The average Bonchev–Trinajstić information content (AvgIpc) is 2.66. The summed E-state index contributed by atoms with van der Waals surface area (Å²) in [4.78, 5) is 14.8. The zero-order chi connectivity index (χ0) is 17.5. The van der Waals surface area contributed by atoms with Crippen molar-refractivity contribution in [1.29, 1.82) is 0 Å². The number of ether oxygens (including phenoxy) is 1. The molecule has 2 aliphatic rings. The van der Waals surface area contributed by atoms with Gasteiger partial charge in [-0.2, -0.15) is 0 Å². The summed E-state index contributed by atoms with van der Waals surface area (Å²) < 4.78 is 6.00. The summed E-state index contributed by atoms with van der Waals surface area (Å²) >= 11 is 0. The molecule has 1 aliphatic carbocycles. The number of carbonyl (C=O) groups is 1. The van der Waals surface area contributed by atoms with Gasteiger partial charge in [-0.05, 0) is 88.7 Å². The van der Waals surface area contributed by atoms with Crippen LogP contribution in [0.25, 0.3) is 0 Å². The number of hydrogen-bond acceptors (Lipinski definition) is 3. The average molecular weight is 344 g/mol. The van der Waals surface area contributed by atoms with Gasteiger partial charge in [0.25, 0.3) is 5.91 Å². The van der Waals surface area contributed by atoms with E-state index >= 15 is 0 Å². The molecule has 3 rings (SSSR count). The number of carbonyl (C=O) groups excluding carboxylic acids is 1. The standard InChI is InChI=1S/C21H32N2O2/c1-17(21(24)22-13-8-16-23-14-5-2-6-15-23)25-20-12-7-10-18-9-3-4-11-19(18)20/h7,10,12,17H,2-6,8-9,11,13-16H2,1H3,(H,22,24). The maximum Gasteiger partial charge on any atom is 0.260 e. The van der Waals surface area contributed by atoms with Gasteiger partial charge in [0.1, 0.15) is 5.75 Å². The van der Waals surface area contributed by atoms with Crippen LogP contribution < -0.4 is 10.1 Å². The Morgan fingerprint density at radius 1 is 1.16 bits per heavy atom. The number of amides is 1. The Hall–Kier alpha value is -1.55. The third kappa shape index (κ3) is 5.21. The van der Waals surface area contributed by atoms with Gasteiger partial charge in [0.05, 0.1) is 0 Å². The molecule has 0 spiro atoms. The van der Waals surface area contributed by atoms with E-state index in [1.165, 1.54) is 56.3 Å². The molecule has 1 N–H and O–H groups in total. The number of likely N-dealkylation sites (tertiary alicyclic amines) is 1. The molecule has 1 unspecified atom stereocenters. The molecule has 0 saturated carbocycles. The van der Waals surface area contributed by atoms with E-state index in [9.17, 15) is 4.79 Å². The van der Waals surface area contributed by atoms with Gasteiger partial charge in [0.15, 0.2) is 6.10 Å². The molecule has 138 valence electrons. The molecule has 1 heterocycles. The fraction of sp³-hybridized carbons (Fsp3) is 0.667. The van der Waals surface area contributed by atoms with Gasteiger partial charge in [-0.25, -0.2) is 0 Å². The fourth-order valence-corrected chi connectivity index (χ4v) is 3.94. The van der Waals surface area contributed by atoms with Crippen molar-refractivity contribution in [3.8, 4) is 5.75 Å². The predicted molar refractivity (Wildman–Crippen MR) is 101 cm³/mol. The normalized spacial score (nSPS) is 19.1. The summed E-state index contributed by atoms with van der Waals surface area (Å²) in [5, 5.41) is 3.03. The molecular weight excluding hydrogens is 312 g/mol. The van der Waals surface area contributed by atoms with Crippen molar-refractivity contribution < 1.29 is 9.53 Å². The van der Waals surface area contributed by atoms with Crippen molar-refractivity contribution in [3.05, 3.63) is 29.3 Å². The van der Waals surface area contributed by atoms with Gasteiger partial charge in [0, 0.05) is 6.54 Å². The number of piperidine rings is 1. The Kier molecular flexibility index (Phi) is 6.74. The third-order valence-electron chi connectivity index (χ3n) is 5.42. The van der Waals surface area contributed by atoms with E-state index in [1.54, 1.807) is 0 Å². The molecule has 1 atom stereocenters. The molecule has 1 aliphatic heterocycles. The van der Waals surface area contributed by atoms with Crippen molar-refractivity contribution >= 4 is 5.91 Å². The highest BCUT2D eigenvalue weighted by atomic mass is 16.5. The molecule has 25 heavy (non-hydrogen) atoms. The van der Waals surface area contributed by atoms with Crippen molar-refractivity contribution in [2.24, 2.45) is 0 Å². The number of nitrogens with one attached hydrogen (secondary N) is 1. The molecule has 4 nitrogen and oxygen atoms in total. The molecule has 1 fully saturated rings. The molecule has 0 radical (unpaired) electrons. The molecule has 1 aromatic rings. The minimum atomic E-state index is -0.441. The van der Waals surface area contributed by atoms with Gasteiger partial charge >= 0.3 is 0 Å². The summed E-state index contributed by atoms with van der Waals surface area (Å²) in [6, 6.07) is 6.24. The zero-order valence-corrected chi connectivity index (χ0v) is 15.6. The van der Waals surface area contributed by atoms with Crippen molar-refractivity contribution in [1.82, 2.24) is 10.2 Å². The fourth-order valence-electron chi connectivity index (χ4n) is 3.94. The van der Waals surface area contributed by atoms with Crippen LogP contribution in [0.4, 0.5) is 0 Å². The van der Waals surface area contributed by atoms with Crippen LogP contribution in [0.2, 0.25) is 0 Å². The number of nitrogens with zero attached hydrogens (tertiary/aromatic N) is 1. The summed E-state index contributed by atoms with van der Waals surface area (Å²) in [7, 11) is 0. The lowest BCUT2D eigenvalue weighted by Crippen LogP contribution is -2.38. The van der Waals surface area contributed by atoms with E-state index in [2.05, 4.69) is 16.3 Å². The van der Waals surface area contributed by atoms with Gasteiger partial charge in [0.2, 0.25) is 0 Å². The smallest absolute Gasteiger partial charge is 0.260 e. The van der Waals surface area contributed by atoms with Gasteiger partial charge in [-0.3, -0.25) is 4.79 Å². The second kappa shape index (κ2) is 9.23. The topological polar surface area (TPSA) is 41.6 Å². The molecule has 1 amide bonds. The lowest BCUT2D eigenvalue weighted by molar-refractivity contribution is -0.127. The molecular formula is C21H32N2O2. The van der Waals surface area contributed by atoms with Crippen molar-refractivity contribution in [3.63, 3.8) is 0 Å². The Morgan fingerprint density at radius 3 is 2.80 bits per heavy atom. The van der Waals surface area contributed by atoms with E-state index in [0.29, 0.717) is 0 Å². The highest BCUT2D eigenvalue weighted by molar-refractivity contribution is 5.80. The highest BCUT2D eigenvalue weighted by Gasteiger charge is 2.19. The van der Waals surface area contributed by atoms with E-state index in [4.69, 9.17) is 4.74 Å². The number of fused-ring (bicyclic) bond motifs is 1. The van der Waals surface area contributed by atoms with Gasteiger partial charge in [-0.15, -0.1) is 0 Å². The van der Waals surface area contributed by atoms with Crippen LogP contribution in [-0.2, 0) is 17.6 Å². The van der Waals surface area contributed by atoms with E-state index in [-0.39, 0.29) is 5.91 Å². The Morgan fingerprint density at radius 2 is 1.96 bits per heavy atom. The molecule has 4 heteroatoms. The minimum Gasteiger partial charge on any atom is -0.481 e. The van der Waals surface area contributed by atoms with Crippen LogP contribution in [0.1, 0.15) is 56.6 Å². The summed E-state index contributed by atoms with van der Waals surface area (Å²) in [5.74, 6) is 0.889. The second-order valence-corrected chi connectivity index (χ2v) is 7.41. The number of benzene rings is 1. The maximum absolute atomic E-state index is 12.3. The summed E-state index contributed by atoms with van der Waals surface area (Å²) in [6.07, 6.45) is 9.23. The summed E-state index contributed by atoms with van der Waals surface area (Å²) in [6.45, 7) is 6.10. The maximum atomic E-state index is 12.3. The van der Waals surface area contributed by atoms with Crippen LogP contribution >= 0.6 is 0 Å². The lowest BCUT2D eigenvalue weighted by Gasteiger charge is -2.26. The van der Waals surface area contributed by atoms with Crippen LogP contribution in [0.5, 0.6) is 5.75 Å². The molecule has 0 bridgehead atoms. The first kappa shape index (κ1) is 18.2. The SMILES string of the molecule is CC(Oc1cccc2c1CCCC2)C(=O)NCCCN1CCCCC1. The first-order valence-corrected chi connectivity index (χ1v) is 10.0. The second-order valence-electron chi connectivity index (χ2n) is 7.41. The van der Waals surface area contributed by atoms with Crippen LogP contribution in [-0.4, -0.2) is 43.1 Å². The number of aryl methyl sites for hydroxylation is 1. The minimum absolute atomic E-state index is 0.00735. The third-order valence-corrected chi connectivity index (χ3v) is 5.42. The van der Waals surface area contributed by atoms with E-state index in [1.807, 2.05) is 19.1 Å². The quantitative estimate of drug-likeness (QED) is 0.772. The molecule has 0 aromatic heterocycles. The van der Waals surface area contributed by atoms with Gasteiger partial charge in [-0.1, -0.05) is 18.6 Å². The Bertz CT molecular complexity index is 567. The Labute approximate surface area is 151 Å². The monoisotopic (exact) mass is 344 g/mol. The summed E-state index contributed by atoms with van der Waals surface area (Å²) in [5.41, 5.74) is 2.69. The number of rotatable bonds is 7. The predicted octanol–water partition coefficient (Wildman–Crippen LogP) is 3.32. The van der Waals surface area contributed by atoms with Crippen molar-refractivity contribution in [2.45, 2.75) is 64.4 Å². The molecule has 1 aromatic carbocycles. The zero-order valence-electron chi connectivity index (χ0n) is 15.6. The number of hydrogen-bond donors (Lipinski definition) is 1. The van der Waals surface area contributed by atoms with E-state index in [0.717, 1.165) is 38.1 Å². The first-order chi connectivity index (χ1) is 12.2. The Balaban J connectivity index is 1.42. The van der Waals surface area contributed by atoms with Crippen LogP contribution in [0.3, 0.4) is 0 Å². The van der Waals surface area contributed by atoms with Crippen LogP contribution in [0, 0.1) is 0 Å². The highest BCUT2D eigenvalue weighted by Crippen LogP contribution is 2.30. The van der Waals surface area contributed by atoms with Crippen molar-refractivity contribution in [2.75, 3.05) is 26.2 Å². The van der Waals surface area contributed by atoms with Crippen LogP contribution in [0.15, 0.2) is 18.2 Å². The molecule has 1 saturated heterocycles.